The van der Waals surface area contributed by atoms with E-state index >= 15 is 0 Å². The van der Waals surface area contributed by atoms with Crippen LogP contribution in [0.5, 0.6) is 0 Å². The molecular formula is C11H23F3IN3. The van der Waals surface area contributed by atoms with Crippen molar-refractivity contribution in [2.45, 2.75) is 51.7 Å². The molecule has 7 heteroatoms. The van der Waals surface area contributed by atoms with Gasteiger partial charge in [0, 0.05) is 26.1 Å². The lowest BCUT2D eigenvalue weighted by Crippen LogP contribution is -2.42. The first-order valence-electron chi connectivity index (χ1n) is 5.93. The number of nitrogens with zero attached hydrogens (tertiary/aromatic N) is 1. The normalized spacial score (nSPS) is 13.8. The predicted octanol–water partition coefficient (Wildman–Crippen LogP) is 3.30. The zero-order valence-electron chi connectivity index (χ0n) is 11.1. The first kappa shape index (κ1) is 20.1. The van der Waals surface area contributed by atoms with Gasteiger partial charge in [-0.05, 0) is 26.2 Å². The Labute approximate surface area is 124 Å². The molecule has 2 N–H and O–H groups in total. The third-order valence-corrected chi connectivity index (χ3v) is 2.40. The number of hydrogen-bond donors (Lipinski definition) is 2. The van der Waals surface area contributed by atoms with Crippen LogP contribution in [0.2, 0.25) is 0 Å². The van der Waals surface area contributed by atoms with E-state index in [-0.39, 0.29) is 30.4 Å². The van der Waals surface area contributed by atoms with Crippen LogP contribution in [-0.2, 0) is 0 Å². The topological polar surface area (TPSA) is 36.4 Å². The van der Waals surface area contributed by atoms with Gasteiger partial charge in [0.05, 0.1) is 0 Å². The first-order chi connectivity index (χ1) is 7.89. The van der Waals surface area contributed by atoms with Crippen LogP contribution in [0.25, 0.3) is 0 Å². The molecule has 1 unspecified atom stereocenters. The molecule has 0 aliphatic rings. The maximum atomic E-state index is 11.9. The second kappa shape index (κ2) is 10.7. The molecule has 0 fully saturated rings. The van der Waals surface area contributed by atoms with E-state index in [1.54, 1.807) is 7.05 Å². The first-order valence-corrected chi connectivity index (χ1v) is 5.93. The summed E-state index contributed by atoms with van der Waals surface area (Å²) in [5.74, 6) is 0.645. The Hall–Kier alpha value is -0.210. The quantitative estimate of drug-likeness (QED) is 0.321. The van der Waals surface area contributed by atoms with Gasteiger partial charge in [-0.3, -0.25) is 4.99 Å². The van der Waals surface area contributed by atoms with Gasteiger partial charge in [0.25, 0.3) is 0 Å². The zero-order chi connectivity index (χ0) is 13.3. The van der Waals surface area contributed by atoms with Crippen LogP contribution in [0.4, 0.5) is 13.2 Å². The lowest BCUT2D eigenvalue weighted by Gasteiger charge is -2.16. The standard InChI is InChI=1S/C11H22F3N3.HI/c1-4-9(2)17-10(15-3)16-8-6-5-7-11(12,13)14;/h9H,4-8H2,1-3H3,(H2,15,16,17);1H. The van der Waals surface area contributed by atoms with Gasteiger partial charge >= 0.3 is 6.18 Å². The maximum absolute atomic E-state index is 11.9. The molecule has 0 heterocycles. The van der Waals surface area contributed by atoms with Crippen LogP contribution < -0.4 is 10.6 Å². The largest absolute Gasteiger partial charge is 0.389 e. The van der Waals surface area contributed by atoms with Gasteiger partial charge in [0.2, 0.25) is 0 Å². The summed E-state index contributed by atoms with van der Waals surface area (Å²) >= 11 is 0. The van der Waals surface area contributed by atoms with Gasteiger partial charge < -0.3 is 10.6 Å². The monoisotopic (exact) mass is 381 g/mol. The second-order valence-corrected chi connectivity index (χ2v) is 4.02. The molecule has 0 aliphatic heterocycles. The van der Waals surface area contributed by atoms with E-state index in [0.29, 0.717) is 25.0 Å². The Morgan fingerprint density at radius 3 is 2.33 bits per heavy atom. The highest BCUT2D eigenvalue weighted by molar-refractivity contribution is 14.0. The lowest BCUT2D eigenvalue weighted by atomic mass is 10.2. The number of rotatable bonds is 6. The number of alkyl halides is 3. The minimum absolute atomic E-state index is 0. The molecule has 3 nitrogen and oxygen atoms in total. The van der Waals surface area contributed by atoms with E-state index < -0.39 is 12.6 Å². The summed E-state index contributed by atoms with van der Waals surface area (Å²) in [6, 6.07) is 0.302. The predicted molar refractivity (Wildman–Crippen MR) is 79.6 cm³/mol. The molecule has 0 saturated heterocycles. The molecule has 0 spiro atoms. The summed E-state index contributed by atoms with van der Waals surface area (Å²) < 4.78 is 35.6. The Balaban J connectivity index is 0. The number of unbranched alkanes of at least 4 members (excludes halogenated alkanes) is 1. The second-order valence-electron chi connectivity index (χ2n) is 4.02. The van der Waals surface area contributed by atoms with Crippen LogP contribution in [-0.4, -0.2) is 31.8 Å². The minimum atomic E-state index is -4.04. The van der Waals surface area contributed by atoms with Crippen molar-refractivity contribution < 1.29 is 13.2 Å². The number of aliphatic imine (C=N–C) groups is 1. The van der Waals surface area contributed by atoms with E-state index in [1.165, 1.54) is 0 Å². The van der Waals surface area contributed by atoms with Crippen molar-refractivity contribution in [3.8, 4) is 0 Å². The average Bonchev–Trinajstić information content (AvgIpc) is 2.25. The Bertz CT molecular complexity index is 232. The van der Waals surface area contributed by atoms with Crippen molar-refractivity contribution in [1.82, 2.24) is 10.6 Å². The smallest absolute Gasteiger partial charge is 0.356 e. The molecule has 0 aromatic carbocycles. The fourth-order valence-electron chi connectivity index (χ4n) is 1.19. The molecule has 0 rings (SSSR count). The third kappa shape index (κ3) is 12.3. The third-order valence-electron chi connectivity index (χ3n) is 2.40. The van der Waals surface area contributed by atoms with E-state index in [0.717, 1.165) is 6.42 Å². The molecule has 110 valence electrons. The highest BCUT2D eigenvalue weighted by Gasteiger charge is 2.25. The molecular weight excluding hydrogens is 358 g/mol. The van der Waals surface area contributed by atoms with Crippen LogP contribution in [0.3, 0.4) is 0 Å². The van der Waals surface area contributed by atoms with Crippen LogP contribution in [0.15, 0.2) is 4.99 Å². The van der Waals surface area contributed by atoms with Gasteiger partial charge in [0.1, 0.15) is 0 Å². The van der Waals surface area contributed by atoms with Gasteiger partial charge in [-0.1, -0.05) is 6.92 Å². The summed E-state index contributed by atoms with van der Waals surface area (Å²) in [4.78, 5) is 3.99. The Morgan fingerprint density at radius 1 is 1.28 bits per heavy atom. The van der Waals surface area contributed by atoms with E-state index in [4.69, 9.17) is 0 Å². The van der Waals surface area contributed by atoms with Crippen molar-refractivity contribution in [2.24, 2.45) is 4.99 Å². The van der Waals surface area contributed by atoms with Crippen molar-refractivity contribution >= 4 is 29.9 Å². The zero-order valence-corrected chi connectivity index (χ0v) is 13.4. The molecule has 0 radical (unpaired) electrons. The van der Waals surface area contributed by atoms with Crippen molar-refractivity contribution in [3.05, 3.63) is 0 Å². The van der Waals surface area contributed by atoms with Crippen LogP contribution in [0, 0.1) is 0 Å². The van der Waals surface area contributed by atoms with Crippen molar-refractivity contribution in [3.63, 3.8) is 0 Å². The molecule has 0 aromatic heterocycles. The molecule has 1 atom stereocenters. The molecule has 0 bridgehead atoms. The van der Waals surface area contributed by atoms with Gasteiger partial charge in [-0.15, -0.1) is 24.0 Å². The number of hydrogen-bond acceptors (Lipinski definition) is 1. The summed E-state index contributed by atoms with van der Waals surface area (Å²) in [5.41, 5.74) is 0. The van der Waals surface area contributed by atoms with E-state index in [1.807, 2.05) is 13.8 Å². The maximum Gasteiger partial charge on any atom is 0.389 e. The Morgan fingerprint density at radius 2 is 1.89 bits per heavy atom. The van der Waals surface area contributed by atoms with Crippen molar-refractivity contribution in [1.29, 1.82) is 0 Å². The summed E-state index contributed by atoms with van der Waals surface area (Å²) in [5, 5.41) is 6.13. The van der Waals surface area contributed by atoms with E-state index in [2.05, 4.69) is 15.6 Å². The number of guanidine groups is 1. The van der Waals surface area contributed by atoms with E-state index in [9.17, 15) is 13.2 Å². The van der Waals surface area contributed by atoms with Gasteiger partial charge in [-0.25, -0.2) is 0 Å². The molecule has 18 heavy (non-hydrogen) atoms. The molecule has 0 aromatic rings. The summed E-state index contributed by atoms with van der Waals surface area (Å²) in [7, 11) is 1.65. The summed E-state index contributed by atoms with van der Waals surface area (Å²) in [6.07, 6.45) is -3.16. The van der Waals surface area contributed by atoms with Crippen LogP contribution >= 0.6 is 24.0 Å². The molecule has 0 aliphatic carbocycles. The van der Waals surface area contributed by atoms with Gasteiger partial charge in [0.15, 0.2) is 5.96 Å². The highest BCUT2D eigenvalue weighted by Crippen LogP contribution is 2.21. The highest BCUT2D eigenvalue weighted by atomic mass is 127. The Kier molecular flexibility index (Phi) is 11.9. The fraction of sp³-hybridized carbons (Fsp3) is 0.909. The van der Waals surface area contributed by atoms with Crippen molar-refractivity contribution in [2.75, 3.05) is 13.6 Å². The number of halogens is 4. The minimum Gasteiger partial charge on any atom is -0.356 e. The van der Waals surface area contributed by atoms with Crippen LogP contribution in [0.1, 0.15) is 39.5 Å². The number of nitrogens with one attached hydrogen (secondary N) is 2. The SMILES string of the molecule is CCC(C)NC(=NC)NCCCCC(F)(F)F.I. The molecule has 0 saturated carbocycles. The average molecular weight is 381 g/mol. The molecule has 0 amide bonds. The fourth-order valence-corrected chi connectivity index (χ4v) is 1.19. The van der Waals surface area contributed by atoms with Gasteiger partial charge in [-0.2, -0.15) is 13.2 Å². The summed E-state index contributed by atoms with van der Waals surface area (Å²) in [6.45, 7) is 4.58. The lowest BCUT2D eigenvalue weighted by molar-refractivity contribution is -0.135.